The van der Waals surface area contributed by atoms with Gasteiger partial charge in [-0.15, -0.1) is 34.0 Å². The molecule has 3 aromatic heterocycles. The van der Waals surface area contributed by atoms with Crippen molar-refractivity contribution in [1.29, 1.82) is 0 Å². The molecule has 5 heteroatoms. The molecule has 0 saturated carbocycles. The van der Waals surface area contributed by atoms with Crippen LogP contribution in [-0.4, -0.2) is 4.98 Å². The topological polar surface area (TPSA) is 16.1 Å². The highest BCUT2D eigenvalue weighted by atomic mass is 32.1. The van der Waals surface area contributed by atoms with E-state index in [1.54, 1.807) is 11.3 Å². The molecule has 226 valence electrons. The summed E-state index contributed by atoms with van der Waals surface area (Å²) in [6, 6.07) is 57.0. The summed E-state index contributed by atoms with van der Waals surface area (Å²) in [5, 5.41) is 6.23. The fourth-order valence-electron chi connectivity index (χ4n) is 6.87. The molecule has 0 saturated heterocycles. The Morgan fingerprint density at radius 3 is 1.98 bits per heavy atom. The molecule has 0 radical (unpaired) electrons. The van der Waals surface area contributed by atoms with Crippen molar-refractivity contribution in [3.63, 3.8) is 0 Å². The number of anilines is 3. The Kier molecular flexibility index (Phi) is 6.44. The van der Waals surface area contributed by atoms with Gasteiger partial charge in [-0.1, -0.05) is 103 Å². The van der Waals surface area contributed by atoms with Crippen molar-refractivity contribution in [2.24, 2.45) is 0 Å². The van der Waals surface area contributed by atoms with E-state index in [1.807, 2.05) is 22.7 Å². The Labute approximate surface area is 289 Å². The van der Waals surface area contributed by atoms with Gasteiger partial charge in [-0.05, 0) is 65.7 Å². The summed E-state index contributed by atoms with van der Waals surface area (Å²) in [5.41, 5.74) is 8.17. The Hall–Kier alpha value is -5.33. The van der Waals surface area contributed by atoms with Crippen LogP contribution in [-0.2, 0) is 0 Å². The molecular formula is C43H26N2S3. The first-order valence-electron chi connectivity index (χ1n) is 16.0. The van der Waals surface area contributed by atoms with Crippen molar-refractivity contribution in [1.82, 2.24) is 4.98 Å². The van der Waals surface area contributed by atoms with Gasteiger partial charge in [-0.2, -0.15) is 0 Å². The molecule has 0 unspecified atom stereocenters. The number of rotatable bonds is 5. The average molecular weight is 667 g/mol. The van der Waals surface area contributed by atoms with Crippen molar-refractivity contribution < 1.29 is 0 Å². The van der Waals surface area contributed by atoms with E-state index in [0.29, 0.717) is 0 Å². The van der Waals surface area contributed by atoms with Crippen LogP contribution in [0.1, 0.15) is 0 Å². The van der Waals surface area contributed by atoms with Crippen LogP contribution in [0, 0.1) is 0 Å². The van der Waals surface area contributed by atoms with Crippen molar-refractivity contribution in [3.05, 3.63) is 158 Å². The second-order valence-corrected chi connectivity index (χ2v) is 15.1. The van der Waals surface area contributed by atoms with Crippen LogP contribution < -0.4 is 4.90 Å². The molecular weight excluding hydrogens is 641 g/mol. The van der Waals surface area contributed by atoms with E-state index in [0.717, 1.165) is 27.6 Å². The van der Waals surface area contributed by atoms with Crippen LogP contribution in [0.2, 0.25) is 0 Å². The maximum Gasteiger partial charge on any atom is 0.124 e. The summed E-state index contributed by atoms with van der Waals surface area (Å²) < 4.78 is 6.42. The lowest BCUT2D eigenvalue weighted by atomic mass is 10.0. The van der Waals surface area contributed by atoms with Gasteiger partial charge in [0.2, 0.25) is 0 Å². The zero-order valence-electron chi connectivity index (χ0n) is 25.6. The van der Waals surface area contributed by atoms with Crippen LogP contribution >= 0.6 is 34.0 Å². The van der Waals surface area contributed by atoms with Crippen molar-refractivity contribution >= 4 is 102 Å². The van der Waals surface area contributed by atoms with Crippen molar-refractivity contribution in [3.8, 4) is 21.7 Å². The molecule has 0 aliphatic rings. The summed E-state index contributed by atoms with van der Waals surface area (Å²) in [7, 11) is 0. The molecule has 2 nitrogen and oxygen atoms in total. The van der Waals surface area contributed by atoms with Gasteiger partial charge < -0.3 is 4.90 Å². The van der Waals surface area contributed by atoms with Crippen LogP contribution in [0.5, 0.6) is 0 Å². The van der Waals surface area contributed by atoms with Gasteiger partial charge in [-0.25, -0.2) is 4.98 Å². The normalized spacial score (nSPS) is 11.8. The first-order valence-corrected chi connectivity index (χ1v) is 18.4. The SMILES string of the molecule is c1ccc(-c2nc3c(ccc4sc5cc(N(c6ccccc6)c6ccc(-c7cccc8c7sc7ccccc78)cc6)ccc5c43)s2)cc1. The average Bonchev–Trinajstić information content (AvgIpc) is 3.86. The molecule has 10 rings (SSSR count). The molecule has 3 heterocycles. The van der Waals surface area contributed by atoms with Gasteiger partial charge in [0.05, 0.1) is 10.2 Å². The first kappa shape index (κ1) is 27.8. The smallest absolute Gasteiger partial charge is 0.124 e. The van der Waals surface area contributed by atoms with Gasteiger partial charge in [-0.3, -0.25) is 0 Å². The summed E-state index contributed by atoms with van der Waals surface area (Å²) in [6.45, 7) is 0. The monoisotopic (exact) mass is 666 g/mol. The van der Waals surface area contributed by atoms with Gasteiger partial charge in [0.25, 0.3) is 0 Å². The van der Waals surface area contributed by atoms with E-state index < -0.39 is 0 Å². The highest BCUT2D eigenvalue weighted by Crippen LogP contribution is 2.45. The minimum atomic E-state index is 1.07. The molecule has 48 heavy (non-hydrogen) atoms. The van der Waals surface area contributed by atoms with E-state index in [9.17, 15) is 0 Å². The Balaban J connectivity index is 1.08. The van der Waals surface area contributed by atoms with E-state index in [4.69, 9.17) is 4.98 Å². The zero-order chi connectivity index (χ0) is 31.6. The van der Waals surface area contributed by atoms with Crippen LogP contribution in [0.15, 0.2) is 158 Å². The molecule has 0 bridgehead atoms. The van der Waals surface area contributed by atoms with Crippen LogP contribution in [0.4, 0.5) is 17.1 Å². The summed E-state index contributed by atoms with van der Waals surface area (Å²) in [6.07, 6.45) is 0. The number of nitrogens with zero attached hydrogens (tertiary/aromatic N) is 2. The molecule has 10 aromatic rings. The Morgan fingerprint density at radius 1 is 0.417 bits per heavy atom. The molecule has 0 aliphatic heterocycles. The number of thiophene rings is 2. The third kappa shape index (κ3) is 4.47. The van der Waals surface area contributed by atoms with Gasteiger partial charge >= 0.3 is 0 Å². The summed E-state index contributed by atoms with van der Waals surface area (Å²) in [4.78, 5) is 7.53. The van der Waals surface area contributed by atoms with E-state index >= 15 is 0 Å². The summed E-state index contributed by atoms with van der Waals surface area (Å²) in [5.74, 6) is 0. The molecule has 0 aliphatic carbocycles. The number of hydrogen-bond acceptors (Lipinski definition) is 5. The van der Waals surface area contributed by atoms with Crippen LogP contribution in [0.25, 0.3) is 72.3 Å². The first-order chi connectivity index (χ1) is 23.8. The standard InChI is InChI=1S/C43H26N2S3/c1-3-10-28(11-4-1)43-44-41-38(48-43)25-24-37-40(41)35-23-22-31(26-39(35)46-37)45(29-12-5-2-6-13-29)30-20-18-27(19-21-30)32-15-9-16-34-33-14-7-8-17-36(33)47-42(32)34/h1-26H. The fourth-order valence-corrected chi connectivity index (χ4v) is 10.2. The van der Waals surface area contributed by atoms with E-state index in [2.05, 4.69) is 163 Å². The number of thiazole rings is 1. The lowest BCUT2D eigenvalue weighted by molar-refractivity contribution is 1.29. The fraction of sp³-hybridized carbons (Fsp3) is 0. The van der Waals surface area contributed by atoms with E-state index in [1.165, 1.54) is 61.7 Å². The minimum absolute atomic E-state index is 1.07. The highest BCUT2D eigenvalue weighted by Gasteiger charge is 2.18. The number of benzene rings is 7. The number of aromatic nitrogens is 1. The number of fused-ring (bicyclic) bond motifs is 8. The van der Waals surface area contributed by atoms with Gasteiger partial charge in [0.15, 0.2) is 0 Å². The summed E-state index contributed by atoms with van der Waals surface area (Å²) >= 11 is 5.49. The molecule has 0 N–H and O–H groups in total. The molecule has 0 atom stereocenters. The van der Waals surface area contributed by atoms with E-state index in [-0.39, 0.29) is 0 Å². The zero-order valence-corrected chi connectivity index (χ0v) is 28.1. The van der Waals surface area contributed by atoms with Gasteiger partial charge in [0.1, 0.15) is 5.01 Å². The number of hydrogen-bond donors (Lipinski definition) is 0. The molecule has 7 aromatic carbocycles. The molecule has 0 spiro atoms. The second kappa shape index (κ2) is 11.1. The van der Waals surface area contributed by atoms with Crippen molar-refractivity contribution in [2.45, 2.75) is 0 Å². The lowest BCUT2D eigenvalue weighted by Gasteiger charge is -2.25. The Morgan fingerprint density at radius 2 is 1.12 bits per heavy atom. The van der Waals surface area contributed by atoms with Crippen LogP contribution in [0.3, 0.4) is 0 Å². The minimum Gasteiger partial charge on any atom is -0.310 e. The quantitative estimate of drug-likeness (QED) is 0.182. The third-order valence-electron chi connectivity index (χ3n) is 9.11. The van der Waals surface area contributed by atoms with Gasteiger partial charge in [0, 0.05) is 63.0 Å². The highest BCUT2D eigenvalue weighted by molar-refractivity contribution is 7.27. The molecule has 0 fully saturated rings. The van der Waals surface area contributed by atoms with Crippen molar-refractivity contribution in [2.75, 3.05) is 4.90 Å². The Bertz CT molecular complexity index is 2770. The maximum absolute atomic E-state index is 5.17. The predicted octanol–water partition coefficient (Wildman–Crippen LogP) is 13.8. The lowest BCUT2D eigenvalue weighted by Crippen LogP contribution is -2.09. The predicted molar refractivity (Wildman–Crippen MR) is 211 cm³/mol. The second-order valence-electron chi connectivity index (χ2n) is 12.0. The largest absolute Gasteiger partial charge is 0.310 e. The molecule has 0 amide bonds. The number of para-hydroxylation sites is 1. The third-order valence-corrected chi connectivity index (χ3v) is 12.5. The maximum atomic E-state index is 5.17.